The monoisotopic (exact) mass is 328 g/mol. The van der Waals surface area contributed by atoms with Gasteiger partial charge in [-0.25, -0.2) is 0 Å². The molecule has 0 spiro atoms. The summed E-state index contributed by atoms with van der Waals surface area (Å²) >= 11 is 0. The number of hydrogen-bond donors (Lipinski definition) is 1. The van der Waals surface area contributed by atoms with Crippen molar-refractivity contribution < 1.29 is 14.2 Å². The van der Waals surface area contributed by atoms with Crippen molar-refractivity contribution in [1.29, 1.82) is 0 Å². The Morgan fingerprint density at radius 2 is 2.18 bits per heavy atom. The molecule has 2 aliphatic heterocycles. The molecule has 2 fully saturated rings. The van der Waals surface area contributed by atoms with Crippen molar-refractivity contribution in [1.82, 2.24) is 10.2 Å². The van der Waals surface area contributed by atoms with Gasteiger partial charge in [-0.2, -0.15) is 0 Å². The summed E-state index contributed by atoms with van der Waals surface area (Å²) in [5.74, 6) is 1.62. The molecule has 0 saturated carbocycles. The minimum absolute atomic E-state index is 0. The van der Waals surface area contributed by atoms with E-state index in [9.17, 15) is 0 Å². The van der Waals surface area contributed by atoms with Gasteiger partial charge in [0.1, 0.15) is 0 Å². The van der Waals surface area contributed by atoms with E-state index in [0.29, 0.717) is 18.8 Å². The van der Waals surface area contributed by atoms with E-state index in [-0.39, 0.29) is 12.4 Å². The van der Waals surface area contributed by atoms with Crippen LogP contribution in [-0.2, 0) is 11.3 Å². The van der Waals surface area contributed by atoms with Gasteiger partial charge >= 0.3 is 0 Å². The van der Waals surface area contributed by atoms with E-state index in [1.54, 1.807) is 7.11 Å². The van der Waals surface area contributed by atoms with E-state index in [4.69, 9.17) is 14.2 Å². The Balaban J connectivity index is 0.00000176. The molecule has 124 valence electrons. The summed E-state index contributed by atoms with van der Waals surface area (Å²) in [5, 5.41) is 3.42. The summed E-state index contributed by atoms with van der Waals surface area (Å²) in [6.07, 6.45) is 0.336. The van der Waals surface area contributed by atoms with Crippen molar-refractivity contribution in [2.75, 3.05) is 40.0 Å². The first-order chi connectivity index (χ1) is 10.3. The van der Waals surface area contributed by atoms with Crippen molar-refractivity contribution in [2.45, 2.75) is 25.6 Å². The highest BCUT2D eigenvalue weighted by Crippen LogP contribution is 2.29. The Morgan fingerprint density at radius 3 is 2.95 bits per heavy atom. The maximum atomic E-state index is 5.82. The Bertz CT molecular complexity index is 486. The highest BCUT2D eigenvalue weighted by Gasteiger charge is 2.35. The number of morpholine rings is 1. The fraction of sp³-hybridized carbons (Fsp3) is 0.625. The van der Waals surface area contributed by atoms with Crippen LogP contribution in [0.15, 0.2) is 18.2 Å². The molecule has 5 nitrogen and oxygen atoms in total. The van der Waals surface area contributed by atoms with Crippen molar-refractivity contribution in [3.8, 4) is 11.5 Å². The summed E-state index contributed by atoms with van der Waals surface area (Å²) in [6, 6.07) is 6.69. The highest BCUT2D eigenvalue weighted by molar-refractivity contribution is 5.85. The number of fused-ring (bicyclic) bond motifs is 1. The lowest BCUT2D eigenvalue weighted by molar-refractivity contribution is -0.0500. The molecular weight excluding hydrogens is 304 g/mol. The maximum Gasteiger partial charge on any atom is 0.161 e. The van der Waals surface area contributed by atoms with Crippen LogP contribution in [0, 0.1) is 0 Å². The zero-order valence-electron chi connectivity index (χ0n) is 13.2. The summed E-state index contributed by atoms with van der Waals surface area (Å²) in [5.41, 5.74) is 1.26. The molecule has 1 aromatic rings. The Morgan fingerprint density at radius 1 is 1.32 bits per heavy atom. The standard InChI is InChI=1S/C16H24N2O3.ClH/c1-3-20-15-8-12(4-5-14(15)19-2)11-18-6-7-21-16-10-17-9-13(16)18;/h4-5,8,13,16-17H,3,6-7,9-11H2,1-2H3;1H/t13-,16+;/m1./s1. The summed E-state index contributed by atoms with van der Waals surface area (Å²) < 4.78 is 16.8. The fourth-order valence-corrected chi connectivity index (χ4v) is 3.18. The van der Waals surface area contributed by atoms with Crippen LogP contribution in [0.2, 0.25) is 0 Å². The van der Waals surface area contributed by atoms with Crippen LogP contribution >= 0.6 is 12.4 Å². The van der Waals surface area contributed by atoms with Gasteiger partial charge in [0.2, 0.25) is 0 Å². The molecule has 2 heterocycles. The van der Waals surface area contributed by atoms with Crippen LogP contribution in [0.1, 0.15) is 12.5 Å². The number of nitrogens with zero attached hydrogens (tertiary/aromatic N) is 1. The van der Waals surface area contributed by atoms with Gasteiger partial charge in [0.15, 0.2) is 11.5 Å². The lowest BCUT2D eigenvalue weighted by Crippen LogP contribution is -2.50. The molecule has 2 atom stereocenters. The van der Waals surface area contributed by atoms with Gasteiger partial charge in [0.05, 0.1) is 26.4 Å². The molecule has 6 heteroatoms. The van der Waals surface area contributed by atoms with Crippen LogP contribution in [0.4, 0.5) is 0 Å². The van der Waals surface area contributed by atoms with E-state index >= 15 is 0 Å². The van der Waals surface area contributed by atoms with Gasteiger partial charge in [0, 0.05) is 32.2 Å². The number of hydrogen-bond acceptors (Lipinski definition) is 5. The number of ether oxygens (including phenoxy) is 3. The third-order valence-electron chi connectivity index (χ3n) is 4.22. The molecule has 1 aromatic carbocycles. The Kier molecular flexibility index (Phi) is 6.32. The third-order valence-corrected chi connectivity index (χ3v) is 4.22. The Labute approximate surface area is 138 Å². The number of benzene rings is 1. The first-order valence-corrected chi connectivity index (χ1v) is 7.68. The van der Waals surface area contributed by atoms with E-state index < -0.39 is 0 Å². The molecule has 0 aliphatic carbocycles. The van der Waals surface area contributed by atoms with Gasteiger partial charge in [0.25, 0.3) is 0 Å². The van der Waals surface area contributed by atoms with Crippen LogP contribution in [0.5, 0.6) is 11.5 Å². The second-order valence-electron chi connectivity index (χ2n) is 5.52. The molecule has 0 amide bonds. The van der Waals surface area contributed by atoms with Crippen molar-refractivity contribution in [3.05, 3.63) is 23.8 Å². The molecule has 1 N–H and O–H groups in total. The lowest BCUT2D eigenvalue weighted by atomic mass is 10.1. The van der Waals surface area contributed by atoms with E-state index in [1.165, 1.54) is 5.56 Å². The van der Waals surface area contributed by atoms with Crippen LogP contribution < -0.4 is 14.8 Å². The smallest absolute Gasteiger partial charge is 0.161 e. The van der Waals surface area contributed by atoms with E-state index in [1.807, 2.05) is 13.0 Å². The largest absolute Gasteiger partial charge is 0.493 e. The predicted molar refractivity (Wildman–Crippen MR) is 88.2 cm³/mol. The molecule has 0 bridgehead atoms. The summed E-state index contributed by atoms with van der Waals surface area (Å²) in [6.45, 7) is 7.34. The number of rotatable bonds is 5. The first kappa shape index (κ1) is 17.3. The van der Waals surface area contributed by atoms with E-state index in [0.717, 1.165) is 44.3 Å². The van der Waals surface area contributed by atoms with Crippen LogP contribution in [0.25, 0.3) is 0 Å². The van der Waals surface area contributed by atoms with Crippen molar-refractivity contribution >= 4 is 12.4 Å². The molecule has 2 saturated heterocycles. The zero-order chi connectivity index (χ0) is 14.7. The Hall–Kier alpha value is -1.01. The maximum absolute atomic E-state index is 5.82. The van der Waals surface area contributed by atoms with Gasteiger partial charge in [-0.15, -0.1) is 12.4 Å². The summed E-state index contributed by atoms with van der Waals surface area (Å²) in [7, 11) is 1.67. The molecular formula is C16H25ClN2O3. The van der Waals surface area contributed by atoms with Gasteiger partial charge < -0.3 is 19.5 Å². The predicted octanol–water partition coefficient (Wildman–Crippen LogP) is 1.69. The van der Waals surface area contributed by atoms with Crippen LogP contribution in [-0.4, -0.2) is 57.0 Å². The average molecular weight is 329 g/mol. The number of methoxy groups -OCH3 is 1. The van der Waals surface area contributed by atoms with Crippen molar-refractivity contribution in [2.24, 2.45) is 0 Å². The quantitative estimate of drug-likeness (QED) is 0.891. The molecule has 22 heavy (non-hydrogen) atoms. The highest BCUT2D eigenvalue weighted by atomic mass is 35.5. The van der Waals surface area contributed by atoms with E-state index in [2.05, 4.69) is 22.3 Å². The van der Waals surface area contributed by atoms with Crippen molar-refractivity contribution in [3.63, 3.8) is 0 Å². The second kappa shape index (κ2) is 8.02. The minimum atomic E-state index is 0. The van der Waals surface area contributed by atoms with Gasteiger partial charge in [-0.1, -0.05) is 6.07 Å². The molecule has 0 radical (unpaired) electrons. The fourth-order valence-electron chi connectivity index (χ4n) is 3.18. The third kappa shape index (κ3) is 3.66. The van der Waals surface area contributed by atoms with Gasteiger partial charge in [-0.05, 0) is 24.6 Å². The second-order valence-corrected chi connectivity index (χ2v) is 5.52. The molecule has 3 rings (SSSR count). The SMILES string of the molecule is CCOc1cc(CN2CCO[C@H]3CNC[C@H]32)ccc1OC.Cl. The number of nitrogens with one attached hydrogen (secondary N) is 1. The lowest BCUT2D eigenvalue weighted by Gasteiger charge is -2.37. The molecule has 2 aliphatic rings. The zero-order valence-corrected chi connectivity index (χ0v) is 14.0. The first-order valence-electron chi connectivity index (χ1n) is 7.68. The normalized spacial score (nSPS) is 24.5. The van der Waals surface area contributed by atoms with Gasteiger partial charge in [-0.3, -0.25) is 4.90 Å². The minimum Gasteiger partial charge on any atom is -0.493 e. The molecule has 0 aromatic heterocycles. The number of halogens is 1. The molecule has 0 unspecified atom stereocenters. The topological polar surface area (TPSA) is 43.0 Å². The summed E-state index contributed by atoms with van der Waals surface area (Å²) in [4.78, 5) is 2.51. The van der Waals surface area contributed by atoms with Crippen LogP contribution in [0.3, 0.4) is 0 Å². The average Bonchev–Trinajstić information content (AvgIpc) is 2.98.